The van der Waals surface area contributed by atoms with E-state index in [1.807, 2.05) is 62.4 Å². The van der Waals surface area contributed by atoms with Crippen LogP contribution in [0.25, 0.3) is 0 Å². The molecule has 3 aromatic rings. The summed E-state index contributed by atoms with van der Waals surface area (Å²) in [5, 5.41) is 14.1. The Kier molecular flexibility index (Phi) is 9.22. The number of hydrogen-bond donors (Lipinski definition) is 2. The molecule has 1 atom stereocenters. The van der Waals surface area contributed by atoms with Gasteiger partial charge in [0.2, 0.25) is 0 Å². The molecular weight excluding hydrogens is 472 g/mol. The summed E-state index contributed by atoms with van der Waals surface area (Å²) in [5.74, 6) is 0.677. The van der Waals surface area contributed by atoms with Crippen LogP contribution in [0.2, 0.25) is 0 Å². The standard InChI is InChI=1S/C28H34N4O3S/c1-21(2)35-26-13-7-6-12-25(26)32-17-15-31(16-18-32)20-22(33)19-30-27(34)24-11-8-14-29-28(24)36-23-9-4-3-5-10-23/h3-14,21-22,33H,15-20H2,1-2H3,(H,30,34). The first kappa shape index (κ1) is 26.0. The molecule has 1 aliphatic rings. The van der Waals surface area contributed by atoms with Gasteiger partial charge in [0.05, 0.1) is 23.5 Å². The lowest BCUT2D eigenvalue weighted by Crippen LogP contribution is -2.50. The van der Waals surface area contributed by atoms with E-state index in [2.05, 4.69) is 26.2 Å². The highest BCUT2D eigenvalue weighted by Gasteiger charge is 2.22. The van der Waals surface area contributed by atoms with Crippen LogP contribution in [-0.2, 0) is 0 Å². The van der Waals surface area contributed by atoms with Gasteiger partial charge >= 0.3 is 0 Å². The van der Waals surface area contributed by atoms with E-state index in [0.717, 1.165) is 42.5 Å². The first-order valence-corrected chi connectivity index (χ1v) is 13.2. The van der Waals surface area contributed by atoms with Gasteiger partial charge in [-0.15, -0.1) is 0 Å². The monoisotopic (exact) mass is 506 g/mol. The van der Waals surface area contributed by atoms with Crippen molar-refractivity contribution in [3.63, 3.8) is 0 Å². The van der Waals surface area contributed by atoms with Crippen molar-refractivity contribution in [2.45, 2.75) is 36.0 Å². The molecule has 8 heteroatoms. The third-order valence-corrected chi connectivity index (χ3v) is 6.91. The zero-order valence-corrected chi connectivity index (χ0v) is 21.7. The number of anilines is 1. The zero-order chi connectivity index (χ0) is 25.3. The van der Waals surface area contributed by atoms with E-state index in [4.69, 9.17) is 4.74 Å². The fourth-order valence-electron chi connectivity index (χ4n) is 4.16. The number of ether oxygens (including phenoxy) is 1. The number of carbonyl (C=O) groups is 1. The summed E-state index contributed by atoms with van der Waals surface area (Å²) in [4.78, 5) is 22.8. The molecule has 1 aromatic heterocycles. The summed E-state index contributed by atoms with van der Waals surface area (Å²) >= 11 is 1.45. The highest BCUT2D eigenvalue weighted by Crippen LogP contribution is 2.30. The molecule has 0 saturated carbocycles. The summed E-state index contributed by atoms with van der Waals surface area (Å²) in [6, 6.07) is 21.5. The van der Waals surface area contributed by atoms with Gasteiger partial charge in [0, 0.05) is 50.4 Å². The second kappa shape index (κ2) is 12.8. The molecule has 7 nitrogen and oxygen atoms in total. The molecule has 1 saturated heterocycles. The number of aliphatic hydroxyl groups excluding tert-OH is 1. The van der Waals surface area contributed by atoms with Gasteiger partial charge < -0.3 is 20.1 Å². The van der Waals surface area contributed by atoms with E-state index < -0.39 is 6.10 Å². The van der Waals surface area contributed by atoms with Crippen molar-refractivity contribution in [3.05, 3.63) is 78.5 Å². The Morgan fingerprint density at radius 3 is 2.50 bits per heavy atom. The number of β-amino-alcohol motifs (C(OH)–C–C–N with tert-alkyl or cyclic N) is 1. The maximum atomic E-state index is 12.9. The molecule has 0 aliphatic carbocycles. The van der Waals surface area contributed by atoms with Gasteiger partial charge in [-0.1, -0.05) is 42.1 Å². The van der Waals surface area contributed by atoms with Crippen LogP contribution < -0.4 is 15.0 Å². The number of aromatic nitrogens is 1. The second-order valence-electron chi connectivity index (χ2n) is 9.06. The topological polar surface area (TPSA) is 77.9 Å². The maximum Gasteiger partial charge on any atom is 0.254 e. The van der Waals surface area contributed by atoms with Crippen LogP contribution in [0.15, 0.2) is 82.8 Å². The molecule has 4 rings (SSSR count). The average molecular weight is 507 g/mol. The Hall–Kier alpha value is -3.07. The molecule has 1 fully saturated rings. The van der Waals surface area contributed by atoms with Crippen molar-refractivity contribution >= 4 is 23.4 Å². The molecule has 0 radical (unpaired) electrons. The van der Waals surface area contributed by atoms with E-state index in [-0.39, 0.29) is 18.6 Å². The van der Waals surface area contributed by atoms with E-state index in [9.17, 15) is 9.90 Å². The minimum absolute atomic E-state index is 0.123. The van der Waals surface area contributed by atoms with Gasteiger partial charge in [-0.25, -0.2) is 4.98 Å². The second-order valence-corrected chi connectivity index (χ2v) is 10.1. The summed E-state index contributed by atoms with van der Waals surface area (Å²) in [5.41, 5.74) is 1.62. The Morgan fingerprint density at radius 2 is 1.75 bits per heavy atom. The fraction of sp³-hybridized carbons (Fsp3) is 0.357. The highest BCUT2D eigenvalue weighted by molar-refractivity contribution is 7.99. The first-order valence-electron chi connectivity index (χ1n) is 12.4. The largest absolute Gasteiger partial charge is 0.489 e. The zero-order valence-electron chi connectivity index (χ0n) is 20.8. The number of rotatable bonds is 10. The number of nitrogens with one attached hydrogen (secondary N) is 1. The summed E-state index contributed by atoms with van der Waals surface area (Å²) in [6.45, 7) is 8.15. The van der Waals surface area contributed by atoms with Gasteiger partial charge in [0.25, 0.3) is 5.91 Å². The molecule has 1 aliphatic heterocycles. The third kappa shape index (κ3) is 7.22. The number of nitrogens with zero attached hydrogens (tertiary/aromatic N) is 3. The number of amides is 1. The number of pyridine rings is 1. The lowest BCUT2D eigenvalue weighted by Gasteiger charge is -2.37. The van der Waals surface area contributed by atoms with Crippen molar-refractivity contribution in [3.8, 4) is 5.75 Å². The molecular formula is C28H34N4O3S. The molecule has 0 bridgehead atoms. The number of carbonyl (C=O) groups excluding carboxylic acids is 1. The van der Waals surface area contributed by atoms with Crippen molar-refractivity contribution in [2.75, 3.05) is 44.2 Å². The summed E-state index contributed by atoms with van der Waals surface area (Å²) in [7, 11) is 0. The number of aliphatic hydroxyl groups is 1. The first-order chi connectivity index (χ1) is 17.5. The van der Waals surface area contributed by atoms with E-state index in [0.29, 0.717) is 17.1 Å². The minimum Gasteiger partial charge on any atom is -0.489 e. The van der Waals surface area contributed by atoms with E-state index in [1.54, 1.807) is 18.3 Å². The lowest BCUT2D eigenvalue weighted by atomic mass is 10.2. The predicted octanol–water partition coefficient (Wildman–Crippen LogP) is 3.93. The summed E-state index contributed by atoms with van der Waals surface area (Å²) < 4.78 is 5.98. The number of benzene rings is 2. The van der Waals surface area contributed by atoms with E-state index in [1.165, 1.54) is 11.8 Å². The summed E-state index contributed by atoms with van der Waals surface area (Å²) in [6.07, 6.45) is 1.15. The Balaban J connectivity index is 1.26. The van der Waals surface area contributed by atoms with Crippen LogP contribution in [0, 0.1) is 0 Å². The Morgan fingerprint density at radius 1 is 1.03 bits per heavy atom. The number of piperazine rings is 1. The van der Waals surface area contributed by atoms with Crippen LogP contribution >= 0.6 is 11.8 Å². The maximum absolute atomic E-state index is 12.9. The minimum atomic E-state index is -0.654. The van der Waals surface area contributed by atoms with Gasteiger partial charge in [-0.05, 0) is 50.2 Å². The predicted molar refractivity (Wildman–Crippen MR) is 144 cm³/mol. The Labute approximate surface area is 217 Å². The van der Waals surface area contributed by atoms with Crippen LogP contribution in [0.5, 0.6) is 5.75 Å². The SMILES string of the molecule is CC(C)Oc1ccccc1N1CCN(CC(O)CNC(=O)c2cccnc2Sc2ccccc2)CC1. The van der Waals surface area contributed by atoms with Gasteiger partial charge in [0.15, 0.2) is 0 Å². The van der Waals surface area contributed by atoms with Gasteiger partial charge in [-0.2, -0.15) is 0 Å². The van der Waals surface area contributed by atoms with Crippen LogP contribution in [-0.4, -0.2) is 72.4 Å². The molecule has 0 spiro atoms. The number of para-hydroxylation sites is 2. The Bertz CT molecular complexity index is 1120. The van der Waals surface area contributed by atoms with Crippen LogP contribution in [0.3, 0.4) is 0 Å². The van der Waals surface area contributed by atoms with Gasteiger partial charge in [0.1, 0.15) is 10.8 Å². The van der Waals surface area contributed by atoms with Gasteiger partial charge in [-0.3, -0.25) is 9.69 Å². The molecule has 36 heavy (non-hydrogen) atoms. The van der Waals surface area contributed by atoms with E-state index >= 15 is 0 Å². The fourth-order valence-corrected chi connectivity index (χ4v) is 5.06. The smallest absolute Gasteiger partial charge is 0.254 e. The molecule has 2 heterocycles. The molecule has 190 valence electrons. The van der Waals surface area contributed by atoms with Crippen LogP contribution in [0.1, 0.15) is 24.2 Å². The molecule has 1 amide bonds. The van der Waals surface area contributed by atoms with Crippen molar-refractivity contribution in [1.29, 1.82) is 0 Å². The highest BCUT2D eigenvalue weighted by atomic mass is 32.2. The number of hydrogen-bond acceptors (Lipinski definition) is 7. The average Bonchev–Trinajstić information content (AvgIpc) is 2.89. The molecule has 2 aromatic carbocycles. The van der Waals surface area contributed by atoms with Crippen molar-refractivity contribution in [1.82, 2.24) is 15.2 Å². The third-order valence-electron chi connectivity index (χ3n) is 5.88. The van der Waals surface area contributed by atoms with Crippen molar-refractivity contribution in [2.24, 2.45) is 0 Å². The lowest BCUT2D eigenvalue weighted by molar-refractivity contribution is 0.0848. The van der Waals surface area contributed by atoms with Crippen LogP contribution in [0.4, 0.5) is 5.69 Å². The molecule has 2 N–H and O–H groups in total. The quantitative estimate of drug-likeness (QED) is 0.431. The molecule has 1 unspecified atom stereocenters. The normalized spacial score (nSPS) is 15.1. The van der Waals surface area contributed by atoms with Crippen molar-refractivity contribution < 1.29 is 14.6 Å².